The standard InChI is InChI=1S/C17H18ClN3O3S/c1-13-12-20(17(22)16-4-2-3-9-19-16)10-11-21(13)25(23,24)15-7-5-14(18)6-8-15/h2-9,13H,10-12H2,1H3. The highest BCUT2D eigenvalue weighted by Gasteiger charge is 2.35. The van der Waals surface area contributed by atoms with Crippen LogP contribution >= 0.6 is 11.6 Å². The molecule has 6 nitrogen and oxygen atoms in total. The van der Waals surface area contributed by atoms with Crippen LogP contribution in [0, 0.1) is 0 Å². The van der Waals surface area contributed by atoms with Crippen LogP contribution in [-0.4, -0.2) is 54.2 Å². The summed E-state index contributed by atoms with van der Waals surface area (Å²) in [5, 5.41) is 0.484. The number of nitrogens with zero attached hydrogens (tertiary/aromatic N) is 3. The van der Waals surface area contributed by atoms with Gasteiger partial charge in [-0.05, 0) is 43.3 Å². The molecule has 2 heterocycles. The lowest BCUT2D eigenvalue weighted by Gasteiger charge is -2.38. The summed E-state index contributed by atoms with van der Waals surface area (Å²) < 4.78 is 27.1. The molecular weight excluding hydrogens is 362 g/mol. The molecule has 132 valence electrons. The van der Waals surface area contributed by atoms with Gasteiger partial charge in [-0.2, -0.15) is 4.31 Å². The van der Waals surface area contributed by atoms with E-state index < -0.39 is 10.0 Å². The number of rotatable bonds is 3. The van der Waals surface area contributed by atoms with Gasteiger partial charge in [0.05, 0.1) is 4.90 Å². The van der Waals surface area contributed by atoms with Crippen molar-refractivity contribution in [2.24, 2.45) is 0 Å². The minimum absolute atomic E-state index is 0.184. The van der Waals surface area contributed by atoms with E-state index in [2.05, 4.69) is 4.98 Å². The molecule has 0 N–H and O–H groups in total. The average Bonchev–Trinajstić information content (AvgIpc) is 2.62. The van der Waals surface area contributed by atoms with Crippen LogP contribution in [0.1, 0.15) is 17.4 Å². The summed E-state index contributed by atoms with van der Waals surface area (Å²) in [4.78, 5) is 18.4. The summed E-state index contributed by atoms with van der Waals surface area (Å²) >= 11 is 5.83. The van der Waals surface area contributed by atoms with E-state index in [1.807, 2.05) is 0 Å². The van der Waals surface area contributed by atoms with Crippen LogP contribution in [0.25, 0.3) is 0 Å². The molecule has 1 aliphatic rings. The Balaban J connectivity index is 1.75. The Morgan fingerprint density at radius 1 is 1.16 bits per heavy atom. The summed E-state index contributed by atoms with van der Waals surface area (Å²) in [6, 6.07) is 10.9. The highest BCUT2D eigenvalue weighted by atomic mass is 35.5. The molecule has 3 rings (SSSR count). The van der Waals surface area contributed by atoms with Crippen LogP contribution in [0.3, 0.4) is 0 Å². The van der Waals surface area contributed by atoms with E-state index in [4.69, 9.17) is 11.6 Å². The van der Waals surface area contributed by atoms with Gasteiger partial charge in [-0.15, -0.1) is 0 Å². The van der Waals surface area contributed by atoms with Gasteiger partial charge in [0.15, 0.2) is 0 Å². The SMILES string of the molecule is CC1CN(C(=O)c2ccccn2)CCN1S(=O)(=O)c1ccc(Cl)cc1. The van der Waals surface area contributed by atoms with Crippen molar-refractivity contribution in [2.45, 2.75) is 17.9 Å². The molecule has 8 heteroatoms. The van der Waals surface area contributed by atoms with Gasteiger partial charge in [0, 0.05) is 36.9 Å². The third-order valence-electron chi connectivity index (χ3n) is 4.16. The molecule has 2 aromatic rings. The molecule has 0 bridgehead atoms. The van der Waals surface area contributed by atoms with Crippen LogP contribution in [-0.2, 0) is 10.0 Å². The summed E-state index contributed by atoms with van der Waals surface area (Å²) in [5.41, 5.74) is 0.365. The Morgan fingerprint density at radius 2 is 1.88 bits per heavy atom. The van der Waals surface area contributed by atoms with Crippen molar-refractivity contribution in [2.75, 3.05) is 19.6 Å². The Labute approximate surface area is 152 Å². The van der Waals surface area contributed by atoms with E-state index in [9.17, 15) is 13.2 Å². The smallest absolute Gasteiger partial charge is 0.272 e. The zero-order chi connectivity index (χ0) is 18.0. The molecule has 1 atom stereocenters. The lowest BCUT2D eigenvalue weighted by molar-refractivity contribution is 0.0636. The quantitative estimate of drug-likeness (QED) is 0.820. The Kier molecular flexibility index (Phi) is 5.08. The Morgan fingerprint density at radius 3 is 2.48 bits per heavy atom. The highest BCUT2D eigenvalue weighted by Crippen LogP contribution is 2.23. The molecule has 1 unspecified atom stereocenters. The fourth-order valence-electron chi connectivity index (χ4n) is 2.88. The first-order valence-electron chi connectivity index (χ1n) is 7.87. The molecule has 1 fully saturated rings. The van der Waals surface area contributed by atoms with Gasteiger partial charge in [-0.25, -0.2) is 8.42 Å². The highest BCUT2D eigenvalue weighted by molar-refractivity contribution is 7.89. The van der Waals surface area contributed by atoms with Crippen molar-refractivity contribution in [3.63, 3.8) is 0 Å². The number of benzene rings is 1. The van der Waals surface area contributed by atoms with Gasteiger partial charge in [-0.3, -0.25) is 9.78 Å². The van der Waals surface area contributed by atoms with E-state index in [1.165, 1.54) is 16.4 Å². The van der Waals surface area contributed by atoms with Crippen molar-refractivity contribution in [1.82, 2.24) is 14.2 Å². The Bertz CT molecular complexity index is 856. The van der Waals surface area contributed by atoms with Crippen LogP contribution in [0.15, 0.2) is 53.6 Å². The number of sulfonamides is 1. The van der Waals surface area contributed by atoms with Crippen LogP contribution in [0.4, 0.5) is 0 Å². The van der Waals surface area contributed by atoms with Gasteiger partial charge in [0.1, 0.15) is 5.69 Å². The van der Waals surface area contributed by atoms with Crippen molar-refractivity contribution in [3.05, 3.63) is 59.4 Å². The lowest BCUT2D eigenvalue weighted by atomic mass is 10.2. The largest absolute Gasteiger partial charge is 0.334 e. The van der Waals surface area contributed by atoms with Gasteiger partial charge >= 0.3 is 0 Å². The molecule has 25 heavy (non-hydrogen) atoms. The maximum absolute atomic E-state index is 12.8. The molecular formula is C17H18ClN3O3S. The van der Waals surface area contributed by atoms with Crippen LogP contribution < -0.4 is 0 Å². The fraction of sp³-hybridized carbons (Fsp3) is 0.294. The van der Waals surface area contributed by atoms with Crippen molar-refractivity contribution >= 4 is 27.5 Å². The lowest BCUT2D eigenvalue weighted by Crippen LogP contribution is -2.55. The van der Waals surface area contributed by atoms with Crippen LogP contribution in [0.2, 0.25) is 5.02 Å². The first kappa shape index (κ1) is 17.8. The number of carbonyl (C=O) groups excluding carboxylic acids is 1. The Hall–Kier alpha value is -1.96. The number of hydrogen-bond acceptors (Lipinski definition) is 4. The van der Waals surface area contributed by atoms with Gasteiger partial charge < -0.3 is 4.90 Å². The minimum atomic E-state index is -3.62. The van der Waals surface area contributed by atoms with Crippen molar-refractivity contribution < 1.29 is 13.2 Å². The maximum Gasteiger partial charge on any atom is 0.272 e. The average molecular weight is 380 g/mol. The van der Waals surface area contributed by atoms with Crippen molar-refractivity contribution in [1.29, 1.82) is 0 Å². The number of amides is 1. The van der Waals surface area contributed by atoms with Crippen molar-refractivity contribution in [3.8, 4) is 0 Å². The topological polar surface area (TPSA) is 70.6 Å². The number of piperazine rings is 1. The van der Waals surface area contributed by atoms with Gasteiger partial charge in [0.25, 0.3) is 5.91 Å². The fourth-order valence-corrected chi connectivity index (χ4v) is 4.61. The number of hydrogen-bond donors (Lipinski definition) is 0. The first-order chi connectivity index (χ1) is 11.9. The molecule has 0 saturated carbocycles. The predicted molar refractivity (Wildman–Crippen MR) is 94.9 cm³/mol. The number of aromatic nitrogens is 1. The first-order valence-corrected chi connectivity index (χ1v) is 9.69. The minimum Gasteiger partial charge on any atom is -0.334 e. The zero-order valence-electron chi connectivity index (χ0n) is 13.7. The number of pyridine rings is 1. The summed E-state index contributed by atoms with van der Waals surface area (Å²) in [6.07, 6.45) is 1.57. The van der Waals surface area contributed by atoms with E-state index in [0.29, 0.717) is 23.8 Å². The second kappa shape index (κ2) is 7.11. The van der Waals surface area contributed by atoms with E-state index in [1.54, 1.807) is 48.4 Å². The van der Waals surface area contributed by atoms with E-state index in [-0.39, 0.29) is 23.4 Å². The second-order valence-corrected chi connectivity index (χ2v) is 8.21. The molecule has 0 aliphatic carbocycles. The monoisotopic (exact) mass is 379 g/mol. The molecule has 1 aliphatic heterocycles. The maximum atomic E-state index is 12.8. The van der Waals surface area contributed by atoms with Crippen LogP contribution in [0.5, 0.6) is 0 Å². The third kappa shape index (κ3) is 3.68. The second-order valence-electron chi connectivity index (χ2n) is 5.88. The molecule has 1 saturated heterocycles. The normalized spacial score (nSPS) is 19.0. The molecule has 0 radical (unpaired) electrons. The van der Waals surface area contributed by atoms with E-state index >= 15 is 0 Å². The zero-order valence-corrected chi connectivity index (χ0v) is 15.2. The third-order valence-corrected chi connectivity index (χ3v) is 6.44. The van der Waals surface area contributed by atoms with Gasteiger partial charge in [-0.1, -0.05) is 17.7 Å². The van der Waals surface area contributed by atoms with E-state index in [0.717, 1.165) is 0 Å². The van der Waals surface area contributed by atoms with Gasteiger partial charge in [0.2, 0.25) is 10.0 Å². The molecule has 1 aromatic heterocycles. The number of carbonyl (C=O) groups is 1. The summed E-state index contributed by atoms with van der Waals surface area (Å²) in [5.74, 6) is -0.184. The summed E-state index contributed by atoms with van der Waals surface area (Å²) in [7, 11) is -3.62. The molecule has 0 spiro atoms. The molecule has 1 aromatic carbocycles. The predicted octanol–water partition coefficient (Wildman–Crippen LogP) is 2.27. The number of halogens is 1. The molecule has 1 amide bonds. The summed E-state index contributed by atoms with van der Waals surface area (Å²) in [6.45, 7) is 2.69.